The number of hydrogen-bond acceptors (Lipinski definition) is 2. The Balaban J connectivity index is 0.00000200. The van der Waals surface area contributed by atoms with E-state index in [0.29, 0.717) is 5.25 Å². The van der Waals surface area contributed by atoms with Gasteiger partial charge < -0.3 is 0 Å². The molecule has 107 valence electrons. The molecule has 20 heavy (non-hydrogen) atoms. The van der Waals surface area contributed by atoms with Gasteiger partial charge in [0.25, 0.3) is 0 Å². The van der Waals surface area contributed by atoms with Gasteiger partial charge in [0.15, 0.2) is 0 Å². The molecular weight excluding hydrogens is 437 g/mol. The fourth-order valence-corrected chi connectivity index (χ4v) is 5.11. The minimum atomic E-state index is 0. The summed E-state index contributed by atoms with van der Waals surface area (Å²) in [6.45, 7) is 6.65. The normalized spacial score (nSPS) is 15.4. The number of benzene rings is 2. The third kappa shape index (κ3) is 4.39. The molecule has 0 aromatic heterocycles. The molecule has 3 atom stereocenters. The van der Waals surface area contributed by atoms with E-state index in [1.54, 1.807) is 22.5 Å². The molecule has 0 saturated heterocycles. The molecule has 1 nitrogen and oxygen atoms in total. The predicted octanol–water partition coefficient (Wildman–Crippen LogP) is 4.75. The van der Waals surface area contributed by atoms with Crippen LogP contribution in [0.5, 0.6) is 0 Å². The summed E-state index contributed by atoms with van der Waals surface area (Å²) in [5.74, 6) is 0. The monoisotopic (exact) mass is 458 g/mol. The van der Waals surface area contributed by atoms with Gasteiger partial charge in [0, 0.05) is 0 Å². The first-order valence-corrected chi connectivity index (χ1v) is 9.23. The van der Waals surface area contributed by atoms with Crippen LogP contribution in [0.4, 0.5) is 0 Å². The van der Waals surface area contributed by atoms with E-state index in [1.807, 2.05) is 11.8 Å². The van der Waals surface area contributed by atoms with Crippen LogP contribution in [0.25, 0.3) is 10.8 Å². The third-order valence-electron chi connectivity index (χ3n) is 3.29. The summed E-state index contributed by atoms with van der Waals surface area (Å²) < 4.78 is 0.717. The van der Waals surface area contributed by atoms with Crippen LogP contribution in [0, 0.1) is 0 Å². The molecule has 2 rings (SSSR count). The van der Waals surface area contributed by atoms with Crippen molar-refractivity contribution in [3.63, 3.8) is 0 Å². The zero-order valence-electron chi connectivity index (χ0n) is 12.1. The molecule has 0 fully saturated rings. The van der Waals surface area contributed by atoms with Gasteiger partial charge in [-0.15, -0.1) is 17.0 Å². The van der Waals surface area contributed by atoms with E-state index in [1.165, 1.54) is 21.9 Å². The SMILES string of the molecule is Br.C[CH]([Sn])SC(C)c1cc2ccccc2cc1C(C)N. The number of halogens is 1. The molecule has 4 heteroatoms. The van der Waals surface area contributed by atoms with E-state index in [-0.39, 0.29) is 23.0 Å². The molecule has 0 aliphatic heterocycles. The van der Waals surface area contributed by atoms with E-state index >= 15 is 0 Å². The standard InChI is InChI=1S/C16H20NS.BrH.Sn/c1-4-18-12(3)16-10-14-8-6-5-7-13(14)9-15(16)11(2)17;;/h4-12H,17H2,1-3H3;1H;. The van der Waals surface area contributed by atoms with Crippen LogP contribution in [0.15, 0.2) is 36.4 Å². The second-order valence-electron chi connectivity index (χ2n) is 5.04. The van der Waals surface area contributed by atoms with Crippen LogP contribution in [0.3, 0.4) is 0 Å². The Morgan fingerprint density at radius 2 is 1.50 bits per heavy atom. The minimum absolute atomic E-state index is 0. The summed E-state index contributed by atoms with van der Waals surface area (Å²) in [7, 11) is 0. The van der Waals surface area contributed by atoms with Crippen LogP contribution >= 0.6 is 28.7 Å². The average molecular weight is 458 g/mol. The van der Waals surface area contributed by atoms with Gasteiger partial charge in [-0.3, -0.25) is 0 Å². The van der Waals surface area contributed by atoms with Crippen molar-refractivity contribution in [2.75, 3.05) is 0 Å². The molecular formula is C16H21BrNSSn. The maximum absolute atomic E-state index is 6.17. The molecule has 0 spiro atoms. The van der Waals surface area contributed by atoms with Crippen LogP contribution < -0.4 is 5.73 Å². The Morgan fingerprint density at radius 1 is 1.00 bits per heavy atom. The number of fused-ring (bicyclic) bond motifs is 1. The Bertz CT molecular complexity index is 571. The molecule has 0 heterocycles. The summed E-state index contributed by atoms with van der Waals surface area (Å²) in [5.41, 5.74) is 8.85. The van der Waals surface area contributed by atoms with Gasteiger partial charge in [0.2, 0.25) is 0 Å². The summed E-state index contributed by atoms with van der Waals surface area (Å²) >= 11 is 3.62. The molecule has 0 aliphatic carbocycles. The Morgan fingerprint density at radius 3 is 1.95 bits per heavy atom. The summed E-state index contributed by atoms with van der Waals surface area (Å²) in [6, 6.07) is 13.2. The van der Waals surface area contributed by atoms with Crippen molar-refractivity contribution >= 4 is 62.0 Å². The molecule has 2 aromatic rings. The van der Waals surface area contributed by atoms with Crippen molar-refractivity contribution in [1.29, 1.82) is 0 Å². The number of thioether (sulfide) groups is 1. The van der Waals surface area contributed by atoms with E-state index in [9.17, 15) is 0 Å². The van der Waals surface area contributed by atoms with E-state index < -0.39 is 0 Å². The van der Waals surface area contributed by atoms with Gasteiger partial charge in [0.05, 0.1) is 0 Å². The number of nitrogens with two attached hydrogens (primary N) is 1. The number of rotatable bonds is 4. The molecule has 2 aromatic carbocycles. The second-order valence-corrected chi connectivity index (χ2v) is 10.4. The molecule has 0 bridgehead atoms. The Hall–Kier alpha value is 0.289. The molecule has 2 N–H and O–H groups in total. The predicted molar refractivity (Wildman–Crippen MR) is 98.1 cm³/mol. The van der Waals surface area contributed by atoms with Crippen LogP contribution in [-0.4, -0.2) is 25.8 Å². The molecule has 3 unspecified atom stereocenters. The van der Waals surface area contributed by atoms with Crippen molar-refractivity contribution in [2.45, 2.75) is 35.3 Å². The van der Waals surface area contributed by atoms with Crippen LogP contribution in [-0.2, 0) is 0 Å². The van der Waals surface area contributed by atoms with Crippen LogP contribution in [0.2, 0.25) is 0 Å². The van der Waals surface area contributed by atoms with Gasteiger partial charge in [-0.1, -0.05) is 0 Å². The van der Waals surface area contributed by atoms with Gasteiger partial charge in [-0.2, -0.15) is 0 Å². The zero-order chi connectivity index (χ0) is 14.0. The topological polar surface area (TPSA) is 26.0 Å². The second kappa shape index (κ2) is 8.06. The molecule has 3 radical (unpaired) electrons. The molecule has 0 amide bonds. The van der Waals surface area contributed by atoms with Crippen molar-refractivity contribution in [1.82, 2.24) is 0 Å². The molecule has 0 saturated carbocycles. The van der Waals surface area contributed by atoms with Gasteiger partial charge in [0.1, 0.15) is 0 Å². The first-order chi connectivity index (χ1) is 8.99. The average Bonchev–Trinajstić information content (AvgIpc) is 2.36. The summed E-state index contributed by atoms with van der Waals surface area (Å²) in [6.07, 6.45) is 0. The zero-order valence-corrected chi connectivity index (χ0v) is 17.5. The summed E-state index contributed by atoms with van der Waals surface area (Å²) in [4.78, 5) is 0. The Labute approximate surface area is 149 Å². The van der Waals surface area contributed by atoms with Crippen LogP contribution in [0.1, 0.15) is 43.2 Å². The van der Waals surface area contributed by atoms with Crippen molar-refractivity contribution in [2.24, 2.45) is 5.73 Å². The van der Waals surface area contributed by atoms with E-state index in [4.69, 9.17) is 5.73 Å². The fourth-order valence-electron chi connectivity index (χ4n) is 2.40. The van der Waals surface area contributed by atoms with E-state index in [0.717, 1.165) is 3.27 Å². The van der Waals surface area contributed by atoms with E-state index in [2.05, 4.69) is 57.2 Å². The quantitative estimate of drug-likeness (QED) is 0.671. The third-order valence-corrected chi connectivity index (χ3v) is 5.52. The van der Waals surface area contributed by atoms with Gasteiger partial charge >= 0.3 is 134 Å². The van der Waals surface area contributed by atoms with Crippen molar-refractivity contribution in [3.05, 3.63) is 47.5 Å². The Kier molecular flexibility index (Phi) is 7.39. The maximum atomic E-state index is 6.17. The molecule has 0 aliphatic rings. The number of hydrogen-bond donors (Lipinski definition) is 1. The fraction of sp³-hybridized carbons (Fsp3) is 0.375. The first kappa shape index (κ1) is 18.3. The van der Waals surface area contributed by atoms with Gasteiger partial charge in [-0.05, 0) is 0 Å². The van der Waals surface area contributed by atoms with Crippen molar-refractivity contribution < 1.29 is 0 Å². The summed E-state index contributed by atoms with van der Waals surface area (Å²) in [5, 5.41) is 3.09. The van der Waals surface area contributed by atoms with Crippen molar-refractivity contribution in [3.8, 4) is 0 Å². The van der Waals surface area contributed by atoms with Gasteiger partial charge in [-0.25, -0.2) is 0 Å². The first-order valence-electron chi connectivity index (χ1n) is 6.63.